The van der Waals surface area contributed by atoms with Gasteiger partial charge in [0, 0.05) is 38.8 Å². The van der Waals surface area contributed by atoms with Gasteiger partial charge in [-0.05, 0) is 25.3 Å². The van der Waals surface area contributed by atoms with E-state index in [1.807, 2.05) is 6.92 Å². The van der Waals surface area contributed by atoms with Crippen LogP contribution in [0.1, 0.15) is 38.2 Å². The fraction of sp³-hybridized carbons (Fsp3) is 0.611. The molecule has 6 nitrogen and oxygen atoms in total. The van der Waals surface area contributed by atoms with Crippen molar-refractivity contribution in [3.05, 3.63) is 22.8 Å². The number of carbonyl (C=O) groups excluding carboxylic acids is 2. The van der Waals surface area contributed by atoms with E-state index >= 15 is 0 Å². The van der Waals surface area contributed by atoms with E-state index in [4.69, 9.17) is 11.6 Å². The van der Waals surface area contributed by atoms with E-state index in [-0.39, 0.29) is 41.5 Å². The predicted molar refractivity (Wildman–Crippen MR) is 100.0 cm³/mol. The van der Waals surface area contributed by atoms with Crippen LogP contribution in [0, 0.1) is 5.92 Å². The van der Waals surface area contributed by atoms with Crippen molar-refractivity contribution >= 4 is 29.2 Å². The van der Waals surface area contributed by atoms with Crippen LogP contribution in [0.25, 0.3) is 0 Å². The molecule has 0 aliphatic carbocycles. The molecule has 1 aliphatic rings. The van der Waals surface area contributed by atoms with Gasteiger partial charge in [0.25, 0.3) is 0 Å². The number of carbonyl (C=O) groups is 2. The minimum atomic E-state index is -4.51. The highest BCUT2D eigenvalue weighted by molar-refractivity contribution is 6.32. The Morgan fingerprint density at radius 3 is 2.75 bits per heavy atom. The zero-order valence-corrected chi connectivity index (χ0v) is 16.4. The third-order valence-corrected chi connectivity index (χ3v) is 4.78. The second-order valence-corrected chi connectivity index (χ2v) is 7.11. The van der Waals surface area contributed by atoms with Crippen LogP contribution >= 0.6 is 11.6 Å². The fourth-order valence-corrected chi connectivity index (χ4v) is 3.21. The molecule has 0 saturated carbocycles. The molecule has 1 fully saturated rings. The van der Waals surface area contributed by atoms with Gasteiger partial charge in [-0.2, -0.15) is 13.2 Å². The van der Waals surface area contributed by atoms with E-state index < -0.39 is 11.7 Å². The first-order valence-corrected chi connectivity index (χ1v) is 9.62. The molecule has 28 heavy (non-hydrogen) atoms. The lowest BCUT2D eigenvalue weighted by molar-refractivity contribution is -0.138. The van der Waals surface area contributed by atoms with Gasteiger partial charge in [-0.15, -0.1) is 0 Å². The second kappa shape index (κ2) is 9.95. The van der Waals surface area contributed by atoms with Crippen LogP contribution in [0.5, 0.6) is 0 Å². The Morgan fingerprint density at radius 2 is 2.11 bits per heavy atom. The van der Waals surface area contributed by atoms with Gasteiger partial charge < -0.3 is 15.5 Å². The smallest absolute Gasteiger partial charge is 0.368 e. The first-order chi connectivity index (χ1) is 13.2. The summed E-state index contributed by atoms with van der Waals surface area (Å²) in [7, 11) is 0. The maximum atomic E-state index is 12.6. The van der Waals surface area contributed by atoms with Crippen LogP contribution in [-0.4, -0.2) is 47.9 Å². The molecule has 2 heterocycles. The van der Waals surface area contributed by atoms with Crippen LogP contribution in [-0.2, 0) is 15.8 Å². The zero-order valence-electron chi connectivity index (χ0n) is 15.6. The predicted octanol–water partition coefficient (Wildman–Crippen LogP) is 3.32. The van der Waals surface area contributed by atoms with Gasteiger partial charge in [0.1, 0.15) is 5.82 Å². The van der Waals surface area contributed by atoms with Crippen molar-refractivity contribution in [2.24, 2.45) is 5.92 Å². The molecular weight excluding hydrogens is 397 g/mol. The van der Waals surface area contributed by atoms with Crippen molar-refractivity contribution < 1.29 is 22.8 Å². The summed E-state index contributed by atoms with van der Waals surface area (Å²) in [6, 6.07) is 0.795. The number of anilines is 1. The molecule has 10 heteroatoms. The Morgan fingerprint density at radius 1 is 1.36 bits per heavy atom. The molecule has 1 aliphatic heterocycles. The monoisotopic (exact) mass is 420 g/mol. The van der Waals surface area contributed by atoms with Gasteiger partial charge in [0.05, 0.1) is 16.5 Å². The van der Waals surface area contributed by atoms with E-state index in [0.29, 0.717) is 25.8 Å². The summed E-state index contributed by atoms with van der Waals surface area (Å²) < 4.78 is 37.9. The average molecular weight is 421 g/mol. The summed E-state index contributed by atoms with van der Waals surface area (Å²) in [6.45, 7) is 3.75. The Kier molecular flexibility index (Phi) is 7.91. The highest BCUT2D eigenvalue weighted by Gasteiger charge is 2.31. The minimum absolute atomic E-state index is 0.0294. The maximum absolute atomic E-state index is 12.6. The van der Waals surface area contributed by atoms with Gasteiger partial charge in [0.2, 0.25) is 11.8 Å². The van der Waals surface area contributed by atoms with Crippen molar-refractivity contribution in [3.63, 3.8) is 0 Å². The van der Waals surface area contributed by atoms with E-state index in [9.17, 15) is 22.8 Å². The topological polar surface area (TPSA) is 74.3 Å². The lowest BCUT2D eigenvalue weighted by Crippen LogP contribution is -2.45. The normalized spacial score (nSPS) is 17.3. The molecule has 2 amide bonds. The quantitative estimate of drug-likeness (QED) is 0.709. The Hall–Kier alpha value is -2.03. The number of hydrogen-bond acceptors (Lipinski definition) is 4. The third kappa shape index (κ3) is 6.25. The molecule has 1 saturated heterocycles. The van der Waals surface area contributed by atoms with Gasteiger partial charge in [-0.3, -0.25) is 9.59 Å². The highest BCUT2D eigenvalue weighted by Crippen LogP contribution is 2.32. The number of pyridine rings is 1. The van der Waals surface area contributed by atoms with E-state index in [2.05, 4.69) is 15.6 Å². The van der Waals surface area contributed by atoms with Gasteiger partial charge in [0.15, 0.2) is 0 Å². The minimum Gasteiger partial charge on any atom is -0.368 e. The van der Waals surface area contributed by atoms with Crippen LogP contribution in [0.15, 0.2) is 12.3 Å². The Bertz CT molecular complexity index is 700. The number of rotatable bonds is 7. The van der Waals surface area contributed by atoms with E-state index in [1.165, 1.54) is 0 Å². The average Bonchev–Trinajstić information content (AvgIpc) is 2.66. The van der Waals surface area contributed by atoms with Crippen molar-refractivity contribution in [2.75, 3.05) is 31.5 Å². The number of aromatic nitrogens is 1. The summed E-state index contributed by atoms with van der Waals surface area (Å²) in [4.78, 5) is 29.8. The number of piperidine rings is 1. The third-order valence-electron chi connectivity index (χ3n) is 4.49. The van der Waals surface area contributed by atoms with Crippen molar-refractivity contribution in [2.45, 2.75) is 38.8 Å². The molecular formula is C18H24ClF3N4O2. The maximum Gasteiger partial charge on any atom is 0.417 e. The second-order valence-electron chi connectivity index (χ2n) is 6.70. The SMILES string of the molecule is CCCNC(=O)C1CCCN(C(=O)CCNc2ncc(C(F)(F)F)cc2Cl)C1. The molecule has 0 spiro atoms. The van der Waals surface area contributed by atoms with Crippen molar-refractivity contribution in [1.29, 1.82) is 0 Å². The molecule has 2 rings (SSSR count). The van der Waals surface area contributed by atoms with Crippen LogP contribution in [0.4, 0.5) is 19.0 Å². The number of nitrogens with zero attached hydrogens (tertiary/aromatic N) is 2. The number of halogens is 4. The molecule has 0 aromatic carbocycles. The first-order valence-electron chi connectivity index (χ1n) is 9.24. The molecule has 2 N–H and O–H groups in total. The summed E-state index contributed by atoms with van der Waals surface area (Å²) in [5.41, 5.74) is -0.931. The summed E-state index contributed by atoms with van der Waals surface area (Å²) in [6.07, 6.45) is -1.33. The van der Waals surface area contributed by atoms with E-state index in [1.54, 1.807) is 4.90 Å². The lowest BCUT2D eigenvalue weighted by atomic mass is 9.97. The number of likely N-dealkylation sites (tertiary alicyclic amines) is 1. The number of alkyl halides is 3. The lowest BCUT2D eigenvalue weighted by Gasteiger charge is -2.32. The summed E-state index contributed by atoms with van der Waals surface area (Å²) >= 11 is 5.83. The Balaban J connectivity index is 1.83. The van der Waals surface area contributed by atoms with Gasteiger partial charge in [-0.1, -0.05) is 18.5 Å². The largest absolute Gasteiger partial charge is 0.417 e. The molecule has 0 radical (unpaired) electrons. The zero-order chi connectivity index (χ0) is 20.7. The fourth-order valence-electron chi connectivity index (χ4n) is 2.98. The Labute approximate surface area is 166 Å². The van der Waals surface area contributed by atoms with Gasteiger partial charge >= 0.3 is 6.18 Å². The van der Waals surface area contributed by atoms with Gasteiger partial charge in [-0.25, -0.2) is 4.98 Å². The molecule has 1 atom stereocenters. The van der Waals surface area contributed by atoms with Crippen LogP contribution in [0.3, 0.4) is 0 Å². The number of amides is 2. The molecule has 1 unspecified atom stereocenters. The number of hydrogen-bond donors (Lipinski definition) is 2. The van der Waals surface area contributed by atoms with Crippen LogP contribution < -0.4 is 10.6 Å². The van der Waals surface area contributed by atoms with E-state index in [0.717, 1.165) is 25.3 Å². The standard InChI is InChI=1S/C18H24ClF3N4O2/c1-2-6-24-17(28)12-4-3-8-26(11-12)15(27)5-7-23-16-14(19)9-13(10-25-16)18(20,21)22/h9-10,12H,2-8,11H2,1H3,(H,23,25)(H,24,28). The summed E-state index contributed by atoms with van der Waals surface area (Å²) in [5, 5.41) is 5.48. The van der Waals surface area contributed by atoms with Crippen molar-refractivity contribution in [1.82, 2.24) is 15.2 Å². The summed E-state index contributed by atoms with van der Waals surface area (Å²) in [5.74, 6) is -0.261. The molecule has 156 valence electrons. The highest BCUT2D eigenvalue weighted by atomic mass is 35.5. The molecule has 1 aromatic rings. The molecule has 0 bridgehead atoms. The number of nitrogens with one attached hydrogen (secondary N) is 2. The first kappa shape index (κ1) is 22.3. The van der Waals surface area contributed by atoms with Crippen molar-refractivity contribution in [3.8, 4) is 0 Å². The molecule has 1 aromatic heterocycles. The van der Waals surface area contributed by atoms with Crippen LogP contribution in [0.2, 0.25) is 5.02 Å².